The van der Waals surface area contributed by atoms with Gasteiger partial charge in [-0.2, -0.15) is 0 Å². The van der Waals surface area contributed by atoms with E-state index in [1.165, 1.54) is 12.1 Å². The molecule has 0 spiro atoms. The van der Waals surface area contributed by atoms with Crippen molar-refractivity contribution in [1.29, 1.82) is 0 Å². The van der Waals surface area contributed by atoms with Crippen LogP contribution in [0.1, 0.15) is 36.2 Å². The van der Waals surface area contributed by atoms with E-state index in [2.05, 4.69) is 5.32 Å². The number of anilines is 1. The summed E-state index contributed by atoms with van der Waals surface area (Å²) in [6.45, 7) is 5.58. The molecule has 1 amide bonds. The van der Waals surface area contributed by atoms with Gasteiger partial charge < -0.3 is 14.8 Å². The molecule has 5 nitrogen and oxygen atoms in total. The molecule has 0 radical (unpaired) electrons. The molecule has 2 aromatic carbocycles. The van der Waals surface area contributed by atoms with Gasteiger partial charge in [-0.25, -0.2) is 9.18 Å². The van der Waals surface area contributed by atoms with E-state index in [9.17, 15) is 14.0 Å². The Bertz CT molecular complexity index is 791. The third-order valence-corrected chi connectivity index (χ3v) is 3.76. The number of carbonyl (C=O) groups is 2. The molecule has 0 saturated heterocycles. The normalized spacial score (nSPS) is 11.5. The lowest BCUT2D eigenvalue weighted by molar-refractivity contribution is -0.122. The monoisotopic (exact) mass is 359 g/mol. The first-order valence-electron chi connectivity index (χ1n) is 8.46. The third-order valence-electron chi connectivity index (χ3n) is 3.76. The summed E-state index contributed by atoms with van der Waals surface area (Å²) in [7, 11) is 0. The van der Waals surface area contributed by atoms with Gasteiger partial charge in [0.05, 0.1) is 12.2 Å². The SMILES string of the molecule is CCOC(=O)c1ccc(NC(=O)[C@@H](CC)Oc2ccccc2F)c(C)c1. The number of esters is 1. The number of benzene rings is 2. The van der Waals surface area contributed by atoms with E-state index in [0.717, 1.165) is 0 Å². The van der Waals surface area contributed by atoms with Crippen LogP contribution in [-0.2, 0) is 9.53 Å². The van der Waals surface area contributed by atoms with Crippen molar-refractivity contribution in [2.75, 3.05) is 11.9 Å². The van der Waals surface area contributed by atoms with E-state index >= 15 is 0 Å². The highest BCUT2D eigenvalue weighted by molar-refractivity contribution is 5.96. The van der Waals surface area contributed by atoms with Crippen molar-refractivity contribution in [3.63, 3.8) is 0 Å². The van der Waals surface area contributed by atoms with E-state index in [-0.39, 0.29) is 11.7 Å². The molecule has 0 aliphatic carbocycles. The molecule has 0 saturated carbocycles. The highest BCUT2D eigenvalue weighted by Crippen LogP contribution is 2.21. The number of rotatable bonds is 7. The van der Waals surface area contributed by atoms with Crippen LogP contribution < -0.4 is 10.1 Å². The van der Waals surface area contributed by atoms with Crippen molar-refractivity contribution < 1.29 is 23.5 Å². The van der Waals surface area contributed by atoms with Gasteiger partial charge in [0.1, 0.15) is 0 Å². The predicted molar refractivity (Wildman–Crippen MR) is 96.9 cm³/mol. The molecule has 1 N–H and O–H groups in total. The number of hydrogen-bond donors (Lipinski definition) is 1. The number of para-hydroxylation sites is 1. The van der Waals surface area contributed by atoms with E-state index in [0.29, 0.717) is 29.8 Å². The average Bonchev–Trinajstić information content (AvgIpc) is 2.62. The van der Waals surface area contributed by atoms with Gasteiger partial charge in [0.15, 0.2) is 17.7 Å². The Morgan fingerprint density at radius 2 is 1.88 bits per heavy atom. The summed E-state index contributed by atoms with van der Waals surface area (Å²) in [5.74, 6) is -1.29. The number of nitrogens with one attached hydrogen (secondary N) is 1. The summed E-state index contributed by atoms with van der Waals surface area (Å²) in [5, 5.41) is 2.76. The van der Waals surface area contributed by atoms with Gasteiger partial charge in [-0.1, -0.05) is 19.1 Å². The molecule has 0 aliphatic rings. The number of halogens is 1. The molecule has 26 heavy (non-hydrogen) atoms. The Labute approximate surface area is 152 Å². The van der Waals surface area contributed by atoms with Crippen molar-refractivity contribution in [2.24, 2.45) is 0 Å². The lowest BCUT2D eigenvalue weighted by Gasteiger charge is -2.18. The molecule has 0 bridgehead atoms. The molecule has 1 atom stereocenters. The largest absolute Gasteiger partial charge is 0.478 e. The minimum Gasteiger partial charge on any atom is -0.478 e. The van der Waals surface area contributed by atoms with Crippen LogP contribution in [0.15, 0.2) is 42.5 Å². The second kappa shape index (κ2) is 8.99. The zero-order chi connectivity index (χ0) is 19.1. The number of carbonyl (C=O) groups excluding carboxylic acids is 2. The van der Waals surface area contributed by atoms with Gasteiger partial charge >= 0.3 is 5.97 Å². The first-order valence-corrected chi connectivity index (χ1v) is 8.46. The summed E-state index contributed by atoms with van der Waals surface area (Å²) in [5.41, 5.74) is 1.68. The second-order valence-electron chi connectivity index (χ2n) is 5.68. The fourth-order valence-electron chi connectivity index (χ4n) is 2.37. The third kappa shape index (κ3) is 4.81. The highest BCUT2D eigenvalue weighted by Gasteiger charge is 2.21. The lowest BCUT2D eigenvalue weighted by atomic mass is 10.1. The Hall–Kier alpha value is -2.89. The number of hydrogen-bond acceptors (Lipinski definition) is 4. The van der Waals surface area contributed by atoms with Crippen molar-refractivity contribution in [2.45, 2.75) is 33.3 Å². The van der Waals surface area contributed by atoms with E-state index in [4.69, 9.17) is 9.47 Å². The molecule has 2 rings (SSSR count). The first-order chi connectivity index (χ1) is 12.5. The molecule has 0 aliphatic heterocycles. The van der Waals surface area contributed by atoms with Crippen molar-refractivity contribution in [3.8, 4) is 5.75 Å². The number of ether oxygens (including phenoxy) is 2. The van der Waals surface area contributed by atoms with E-state index < -0.39 is 17.9 Å². The van der Waals surface area contributed by atoms with Crippen LogP contribution in [0.3, 0.4) is 0 Å². The summed E-state index contributed by atoms with van der Waals surface area (Å²) in [6.07, 6.45) is -0.462. The van der Waals surface area contributed by atoms with E-state index in [1.54, 1.807) is 51.1 Å². The molecular formula is C20H22FNO4. The van der Waals surface area contributed by atoms with Gasteiger partial charge in [0.25, 0.3) is 5.91 Å². The van der Waals surface area contributed by atoms with Crippen LogP contribution in [0.4, 0.5) is 10.1 Å². The van der Waals surface area contributed by atoms with Crippen LogP contribution >= 0.6 is 0 Å². The molecular weight excluding hydrogens is 337 g/mol. The van der Waals surface area contributed by atoms with Crippen LogP contribution in [0.2, 0.25) is 0 Å². The minimum absolute atomic E-state index is 0.0314. The summed E-state index contributed by atoms with van der Waals surface area (Å²) >= 11 is 0. The van der Waals surface area contributed by atoms with Gasteiger partial charge in [0, 0.05) is 5.69 Å². The zero-order valence-corrected chi connectivity index (χ0v) is 15.0. The Morgan fingerprint density at radius 1 is 1.15 bits per heavy atom. The Balaban J connectivity index is 2.10. The van der Waals surface area contributed by atoms with Gasteiger partial charge in [-0.05, 0) is 56.2 Å². The van der Waals surface area contributed by atoms with Gasteiger partial charge in [-0.15, -0.1) is 0 Å². The number of amides is 1. The molecule has 0 heterocycles. The molecule has 0 fully saturated rings. The fraction of sp³-hybridized carbons (Fsp3) is 0.300. The standard InChI is InChI=1S/C20H22FNO4/c1-4-17(26-18-9-7-6-8-15(18)21)19(23)22-16-11-10-14(12-13(16)3)20(24)25-5-2/h6-12,17H,4-5H2,1-3H3,(H,22,23)/t17-/m1/s1. The van der Waals surface area contributed by atoms with Crippen LogP contribution in [-0.4, -0.2) is 24.6 Å². The topological polar surface area (TPSA) is 64.6 Å². The van der Waals surface area contributed by atoms with Gasteiger partial charge in [0.2, 0.25) is 0 Å². The lowest BCUT2D eigenvalue weighted by Crippen LogP contribution is -2.32. The van der Waals surface area contributed by atoms with Crippen molar-refractivity contribution in [3.05, 3.63) is 59.4 Å². The quantitative estimate of drug-likeness (QED) is 0.756. The predicted octanol–water partition coefficient (Wildman–Crippen LogP) is 4.11. The maximum atomic E-state index is 13.7. The Morgan fingerprint density at radius 3 is 2.50 bits per heavy atom. The molecule has 138 valence electrons. The van der Waals surface area contributed by atoms with Crippen molar-refractivity contribution in [1.82, 2.24) is 0 Å². The molecule has 6 heteroatoms. The maximum Gasteiger partial charge on any atom is 0.338 e. The van der Waals surface area contributed by atoms with Crippen LogP contribution in [0, 0.1) is 12.7 Å². The summed E-state index contributed by atoms with van der Waals surface area (Å²) in [6, 6.07) is 10.8. The molecule has 0 unspecified atom stereocenters. The molecule has 2 aromatic rings. The van der Waals surface area contributed by atoms with Crippen LogP contribution in [0.25, 0.3) is 0 Å². The fourth-order valence-corrected chi connectivity index (χ4v) is 2.37. The zero-order valence-electron chi connectivity index (χ0n) is 15.0. The highest BCUT2D eigenvalue weighted by atomic mass is 19.1. The van der Waals surface area contributed by atoms with Gasteiger partial charge in [-0.3, -0.25) is 4.79 Å². The van der Waals surface area contributed by atoms with E-state index in [1.807, 2.05) is 0 Å². The number of aryl methyl sites for hydroxylation is 1. The minimum atomic E-state index is -0.837. The molecule has 0 aromatic heterocycles. The first kappa shape index (κ1) is 19.4. The Kier molecular flexibility index (Phi) is 6.72. The summed E-state index contributed by atoms with van der Waals surface area (Å²) in [4.78, 5) is 24.2. The average molecular weight is 359 g/mol. The maximum absolute atomic E-state index is 13.7. The van der Waals surface area contributed by atoms with Crippen LogP contribution in [0.5, 0.6) is 5.75 Å². The second-order valence-corrected chi connectivity index (χ2v) is 5.68. The smallest absolute Gasteiger partial charge is 0.338 e. The summed E-state index contributed by atoms with van der Waals surface area (Å²) < 4.78 is 24.2. The van der Waals surface area contributed by atoms with Crippen molar-refractivity contribution >= 4 is 17.6 Å².